The predicted molar refractivity (Wildman–Crippen MR) is 74.5 cm³/mol. The summed E-state index contributed by atoms with van der Waals surface area (Å²) in [4.78, 5) is 2.51. The second-order valence-electron chi connectivity index (χ2n) is 7.72. The minimum atomic E-state index is 0.784. The molecule has 1 unspecified atom stereocenters. The Hall–Kier alpha value is -0.0800. The highest BCUT2D eigenvalue weighted by molar-refractivity contribution is 5.02. The van der Waals surface area contributed by atoms with Crippen molar-refractivity contribution in [2.24, 2.45) is 23.7 Å². The highest BCUT2D eigenvalue weighted by Gasteiger charge is 2.48. The molecule has 0 aromatic heterocycles. The fourth-order valence-electron chi connectivity index (χ4n) is 5.77. The van der Waals surface area contributed by atoms with Crippen LogP contribution in [0.3, 0.4) is 0 Å². The van der Waals surface area contributed by atoms with Gasteiger partial charge in [0.25, 0.3) is 0 Å². The average molecular weight is 248 g/mol. The standard InChI is InChI=1S/C16H28N2/c1-18-4-2-3-15(10-18)17-16-13-6-11-5-12(8-13)9-14(16)7-11/h11-17H,2-10H2,1H3. The fourth-order valence-corrected chi connectivity index (χ4v) is 5.77. The quantitative estimate of drug-likeness (QED) is 0.808. The van der Waals surface area contributed by atoms with Crippen molar-refractivity contribution in [3.8, 4) is 0 Å². The minimum absolute atomic E-state index is 0.784. The highest BCUT2D eigenvalue weighted by Crippen LogP contribution is 2.53. The number of hydrogen-bond acceptors (Lipinski definition) is 2. The molecular weight excluding hydrogens is 220 g/mol. The van der Waals surface area contributed by atoms with E-state index in [1.807, 2.05) is 0 Å². The molecule has 4 aliphatic carbocycles. The van der Waals surface area contributed by atoms with Gasteiger partial charge in [-0.3, -0.25) is 0 Å². The predicted octanol–water partition coefficient (Wildman–Crippen LogP) is 2.49. The Morgan fingerprint density at radius 2 is 1.61 bits per heavy atom. The second kappa shape index (κ2) is 4.49. The molecule has 5 rings (SSSR count). The van der Waals surface area contributed by atoms with Crippen molar-refractivity contribution in [2.45, 2.75) is 57.0 Å². The van der Waals surface area contributed by atoms with Crippen molar-refractivity contribution >= 4 is 0 Å². The molecule has 18 heavy (non-hydrogen) atoms. The van der Waals surface area contributed by atoms with Crippen LogP contribution in [-0.2, 0) is 0 Å². The van der Waals surface area contributed by atoms with Crippen LogP contribution < -0.4 is 5.32 Å². The molecule has 1 saturated heterocycles. The molecule has 5 fully saturated rings. The molecular formula is C16H28N2. The molecule has 0 aromatic rings. The van der Waals surface area contributed by atoms with Gasteiger partial charge in [-0.05, 0) is 82.2 Å². The van der Waals surface area contributed by atoms with Crippen molar-refractivity contribution in [1.29, 1.82) is 0 Å². The summed E-state index contributed by atoms with van der Waals surface area (Å²) < 4.78 is 0. The van der Waals surface area contributed by atoms with Gasteiger partial charge in [0, 0.05) is 18.6 Å². The Balaban J connectivity index is 1.42. The van der Waals surface area contributed by atoms with Gasteiger partial charge in [0.15, 0.2) is 0 Å². The van der Waals surface area contributed by atoms with Crippen LogP contribution in [0.2, 0.25) is 0 Å². The van der Waals surface area contributed by atoms with Gasteiger partial charge in [0.05, 0.1) is 0 Å². The number of hydrogen-bond donors (Lipinski definition) is 1. The van der Waals surface area contributed by atoms with Gasteiger partial charge >= 0.3 is 0 Å². The van der Waals surface area contributed by atoms with Crippen molar-refractivity contribution in [2.75, 3.05) is 20.1 Å². The van der Waals surface area contributed by atoms with E-state index >= 15 is 0 Å². The van der Waals surface area contributed by atoms with Crippen LogP contribution in [0.1, 0.15) is 44.9 Å². The van der Waals surface area contributed by atoms with Crippen molar-refractivity contribution in [1.82, 2.24) is 10.2 Å². The van der Waals surface area contributed by atoms with Crippen LogP contribution >= 0.6 is 0 Å². The molecule has 1 atom stereocenters. The first-order valence-corrected chi connectivity index (χ1v) is 8.22. The summed E-state index contributed by atoms with van der Waals surface area (Å²) in [5.41, 5.74) is 0. The van der Waals surface area contributed by atoms with Gasteiger partial charge in [-0.2, -0.15) is 0 Å². The lowest BCUT2D eigenvalue weighted by Gasteiger charge is -2.55. The molecule has 0 amide bonds. The number of likely N-dealkylation sites (tertiary alicyclic amines) is 1. The number of piperidine rings is 1. The lowest BCUT2D eigenvalue weighted by atomic mass is 9.54. The molecule has 1 aliphatic heterocycles. The number of nitrogens with one attached hydrogen (secondary N) is 1. The van der Waals surface area contributed by atoms with E-state index in [4.69, 9.17) is 0 Å². The maximum atomic E-state index is 4.09. The van der Waals surface area contributed by atoms with E-state index in [2.05, 4.69) is 17.3 Å². The molecule has 1 N–H and O–H groups in total. The third kappa shape index (κ3) is 2.02. The van der Waals surface area contributed by atoms with Crippen LogP contribution in [0.25, 0.3) is 0 Å². The van der Waals surface area contributed by atoms with E-state index in [9.17, 15) is 0 Å². The summed E-state index contributed by atoms with van der Waals surface area (Å²) >= 11 is 0. The van der Waals surface area contributed by atoms with E-state index in [0.29, 0.717) is 0 Å². The number of likely N-dealkylation sites (N-methyl/N-ethyl adjacent to an activating group) is 1. The summed E-state index contributed by atoms with van der Waals surface area (Å²) in [6.07, 6.45) is 10.6. The van der Waals surface area contributed by atoms with Crippen LogP contribution in [0.15, 0.2) is 0 Å². The lowest BCUT2D eigenvalue weighted by Crippen LogP contribution is -2.58. The SMILES string of the molecule is CN1CCCC(NC2C3CC4CC(C3)CC2C4)C1. The summed E-state index contributed by atoms with van der Waals surface area (Å²) in [6.45, 7) is 2.59. The van der Waals surface area contributed by atoms with Gasteiger partial charge in [0.1, 0.15) is 0 Å². The van der Waals surface area contributed by atoms with Gasteiger partial charge in [-0.25, -0.2) is 0 Å². The van der Waals surface area contributed by atoms with E-state index in [1.165, 1.54) is 25.9 Å². The van der Waals surface area contributed by atoms with Gasteiger partial charge < -0.3 is 10.2 Å². The summed E-state index contributed by atoms with van der Waals surface area (Å²) in [5.74, 6) is 4.29. The van der Waals surface area contributed by atoms with E-state index in [0.717, 1.165) is 35.8 Å². The molecule has 1 heterocycles. The lowest BCUT2D eigenvalue weighted by molar-refractivity contribution is -0.0206. The van der Waals surface area contributed by atoms with E-state index < -0.39 is 0 Å². The van der Waals surface area contributed by atoms with Crippen LogP contribution in [0.4, 0.5) is 0 Å². The van der Waals surface area contributed by atoms with Gasteiger partial charge in [-0.15, -0.1) is 0 Å². The summed E-state index contributed by atoms with van der Waals surface area (Å²) in [6, 6.07) is 1.67. The number of nitrogens with zero attached hydrogens (tertiary/aromatic N) is 1. The van der Waals surface area contributed by atoms with Gasteiger partial charge in [0.2, 0.25) is 0 Å². The van der Waals surface area contributed by atoms with Gasteiger partial charge in [-0.1, -0.05) is 0 Å². The smallest absolute Gasteiger partial charge is 0.0198 e. The molecule has 4 saturated carbocycles. The van der Waals surface area contributed by atoms with Crippen LogP contribution in [-0.4, -0.2) is 37.1 Å². The average Bonchev–Trinajstić information content (AvgIpc) is 2.33. The molecule has 0 spiro atoms. The maximum absolute atomic E-state index is 4.09. The van der Waals surface area contributed by atoms with Crippen molar-refractivity contribution in [3.05, 3.63) is 0 Å². The first-order valence-electron chi connectivity index (χ1n) is 8.22. The highest BCUT2D eigenvalue weighted by atomic mass is 15.1. The van der Waals surface area contributed by atoms with Crippen molar-refractivity contribution in [3.63, 3.8) is 0 Å². The topological polar surface area (TPSA) is 15.3 Å². The zero-order valence-corrected chi connectivity index (χ0v) is 11.8. The maximum Gasteiger partial charge on any atom is 0.0198 e. The first-order chi connectivity index (χ1) is 8.78. The number of rotatable bonds is 2. The largest absolute Gasteiger partial charge is 0.309 e. The third-order valence-electron chi connectivity index (χ3n) is 6.28. The Labute approximate surface area is 111 Å². The molecule has 0 radical (unpaired) electrons. The Morgan fingerprint density at radius 3 is 2.22 bits per heavy atom. The molecule has 2 nitrogen and oxygen atoms in total. The molecule has 4 bridgehead atoms. The first kappa shape index (κ1) is 11.7. The van der Waals surface area contributed by atoms with Crippen LogP contribution in [0.5, 0.6) is 0 Å². The van der Waals surface area contributed by atoms with E-state index in [1.54, 1.807) is 32.1 Å². The third-order valence-corrected chi connectivity index (χ3v) is 6.28. The summed E-state index contributed by atoms with van der Waals surface area (Å²) in [5, 5.41) is 4.09. The summed E-state index contributed by atoms with van der Waals surface area (Å²) in [7, 11) is 2.28. The molecule has 2 heteroatoms. The Morgan fingerprint density at radius 1 is 0.944 bits per heavy atom. The fraction of sp³-hybridized carbons (Fsp3) is 1.00. The molecule has 5 aliphatic rings. The molecule has 102 valence electrons. The zero-order chi connectivity index (χ0) is 12.1. The van der Waals surface area contributed by atoms with Crippen LogP contribution in [0, 0.1) is 23.7 Å². The monoisotopic (exact) mass is 248 g/mol. The zero-order valence-electron chi connectivity index (χ0n) is 11.8. The van der Waals surface area contributed by atoms with Crippen molar-refractivity contribution < 1.29 is 0 Å². The Bertz CT molecular complexity index is 286. The Kier molecular flexibility index (Phi) is 2.92. The molecule has 0 aromatic carbocycles. The van der Waals surface area contributed by atoms with E-state index in [-0.39, 0.29) is 0 Å². The minimum Gasteiger partial charge on any atom is -0.309 e. The second-order valence-corrected chi connectivity index (χ2v) is 7.72. The normalized spacial score (nSPS) is 51.8.